The van der Waals surface area contributed by atoms with Crippen LogP contribution in [0.2, 0.25) is 0 Å². The lowest BCUT2D eigenvalue weighted by molar-refractivity contribution is 0.323. The van der Waals surface area contributed by atoms with Crippen LogP contribution in [0.4, 0.5) is 0 Å². The molecule has 1 fully saturated rings. The number of hydrogen-bond donors (Lipinski definition) is 0. The van der Waals surface area contributed by atoms with Gasteiger partial charge < -0.3 is 4.74 Å². The maximum absolute atomic E-state index is 13.1. The van der Waals surface area contributed by atoms with Crippen LogP contribution >= 0.6 is 11.3 Å². The van der Waals surface area contributed by atoms with Crippen molar-refractivity contribution in [1.82, 2.24) is 9.29 Å². The molecule has 3 rings (SSSR count). The summed E-state index contributed by atoms with van der Waals surface area (Å²) in [5.41, 5.74) is 1.61. The summed E-state index contributed by atoms with van der Waals surface area (Å²) < 4.78 is 33.4. The Morgan fingerprint density at radius 1 is 1.25 bits per heavy atom. The molecule has 1 aromatic heterocycles. The molecule has 7 heteroatoms. The van der Waals surface area contributed by atoms with Crippen LogP contribution in [0.25, 0.3) is 11.3 Å². The number of hydrogen-bond acceptors (Lipinski definition) is 5. The highest BCUT2D eigenvalue weighted by Gasteiger charge is 2.29. The summed E-state index contributed by atoms with van der Waals surface area (Å²) in [7, 11) is -3.55. The first-order valence-electron chi connectivity index (χ1n) is 8.22. The van der Waals surface area contributed by atoms with E-state index < -0.39 is 10.0 Å². The molecule has 1 aliphatic rings. The highest BCUT2D eigenvalue weighted by molar-refractivity contribution is 7.89. The standard InChI is InChI=1S/C17H22N2O3S2/c1-3-22-16-8-7-14(15-12-23-13(2)18-15)11-17(16)24(20,21)19-9-5-4-6-10-19/h7-8,11-12H,3-6,9-10H2,1-2H3. The molecule has 2 heterocycles. The molecule has 130 valence electrons. The van der Waals surface area contributed by atoms with E-state index in [1.807, 2.05) is 25.3 Å². The third-order valence-electron chi connectivity index (χ3n) is 4.09. The second-order valence-electron chi connectivity index (χ2n) is 5.81. The lowest BCUT2D eigenvalue weighted by Gasteiger charge is -2.26. The van der Waals surface area contributed by atoms with Gasteiger partial charge in [-0.3, -0.25) is 0 Å². The average molecular weight is 367 g/mol. The van der Waals surface area contributed by atoms with E-state index in [0.29, 0.717) is 25.4 Å². The number of sulfonamides is 1. The Kier molecular flexibility index (Phi) is 5.22. The maximum Gasteiger partial charge on any atom is 0.246 e. The lowest BCUT2D eigenvalue weighted by Crippen LogP contribution is -2.35. The third-order valence-corrected chi connectivity index (χ3v) is 6.78. The fraction of sp³-hybridized carbons (Fsp3) is 0.471. The highest BCUT2D eigenvalue weighted by atomic mass is 32.2. The van der Waals surface area contributed by atoms with Crippen molar-refractivity contribution in [1.29, 1.82) is 0 Å². The molecule has 0 amide bonds. The summed E-state index contributed by atoms with van der Waals surface area (Å²) in [4.78, 5) is 4.71. The normalized spacial score (nSPS) is 16.2. The third kappa shape index (κ3) is 3.48. The molecular formula is C17H22N2O3S2. The van der Waals surface area contributed by atoms with Gasteiger partial charge in [0.25, 0.3) is 0 Å². The minimum atomic E-state index is -3.55. The van der Waals surface area contributed by atoms with Gasteiger partial charge in [-0.15, -0.1) is 11.3 Å². The number of benzene rings is 1. The van der Waals surface area contributed by atoms with Crippen molar-refractivity contribution in [2.75, 3.05) is 19.7 Å². The van der Waals surface area contributed by atoms with E-state index in [0.717, 1.165) is 35.5 Å². The van der Waals surface area contributed by atoms with Crippen LogP contribution in [0.5, 0.6) is 5.75 Å². The van der Waals surface area contributed by atoms with Crippen molar-refractivity contribution in [3.05, 3.63) is 28.6 Å². The van der Waals surface area contributed by atoms with Gasteiger partial charge in [-0.2, -0.15) is 4.31 Å². The quantitative estimate of drug-likeness (QED) is 0.810. The summed E-state index contributed by atoms with van der Waals surface area (Å²) >= 11 is 1.55. The molecule has 0 atom stereocenters. The van der Waals surface area contributed by atoms with Gasteiger partial charge >= 0.3 is 0 Å². The monoisotopic (exact) mass is 366 g/mol. The van der Waals surface area contributed by atoms with Gasteiger partial charge in [0.2, 0.25) is 10.0 Å². The average Bonchev–Trinajstić information content (AvgIpc) is 3.02. The minimum absolute atomic E-state index is 0.245. The predicted octanol–water partition coefficient (Wildman–Crippen LogP) is 3.69. The largest absolute Gasteiger partial charge is 0.492 e. The molecule has 2 aromatic rings. The zero-order chi connectivity index (χ0) is 17.2. The first kappa shape index (κ1) is 17.4. The zero-order valence-corrected chi connectivity index (χ0v) is 15.6. The number of nitrogens with zero attached hydrogens (tertiary/aromatic N) is 2. The highest BCUT2D eigenvalue weighted by Crippen LogP contribution is 2.33. The Hall–Kier alpha value is -1.44. The molecular weight excluding hydrogens is 344 g/mol. The summed E-state index contributed by atoms with van der Waals surface area (Å²) in [6.45, 7) is 5.38. The molecule has 0 radical (unpaired) electrons. The molecule has 5 nitrogen and oxygen atoms in total. The summed E-state index contributed by atoms with van der Waals surface area (Å²) in [5.74, 6) is 0.416. The van der Waals surface area contributed by atoms with Gasteiger partial charge in [-0.25, -0.2) is 13.4 Å². The van der Waals surface area contributed by atoms with E-state index in [9.17, 15) is 8.42 Å². The molecule has 0 N–H and O–H groups in total. The van der Waals surface area contributed by atoms with E-state index in [2.05, 4.69) is 4.98 Å². The fourth-order valence-electron chi connectivity index (χ4n) is 2.88. The molecule has 0 bridgehead atoms. The number of ether oxygens (including phenoxy) is 1. The Morgan fingerprint density at radius 3 is 2.62 bits per heavy atom. The topological polar surface area (TPSA) is 59.5 Å². The van der Waals surface area contributed by atoms with Crippen molar-refractivity contribution >= 4 is 21.4 Å². The molecule has 0 saturated carbocycles. The summed E-state index contributed by atoms with van der Waals surface area (Å²) in [6, 6.07) is 5.31. The first-order chi connectivity index (χ1) is 11.5. The molecule has 1 aromatic carbocycles. The van der Waals surface area contributed by atoms with Gasteiger partial charge in [0.1, 0.15) is 10.6 Å². The summed E-state index contributed by atoms with van der Waals surface area (Å²) in [5, 5.41) is 2.90. The van der Waals surface area contributed by atoms with Crippen LogP contribution in [0.3, 0.4) is 0 Å². The van der Waals surface area contributed by atoms with E-state index >= 15 is 0 Å². The first-order valence-corrected chi connectivity index (χ1v) is 10.5. The van der Waals surface area contributed by atoms with E-state index in [4.69, 9.17) is 4.74 Å². The van der Waals surface area contributed by atoms with Crippen molar-refractivity contribution in [2.24, 2.45) is 0 Å². The molecule has 24 heavy (non-hydrogen) atoms. The van der Waals surface area contributed by atoms with E-state index in [-0.39, 0.29) is 4.90 Å². The fourth-order valence-corrected chi connectivity index (χ4v) is 5.18. The minimum Gasteiger partial charge on any atom is -0.492 e. The number of rotatable bonds is 5. The number of aryl methyl sites for hydroxylation is 1. The second kappa shape index (κ2) is 7.21. The molecule has 0 aliphatic carbocycles. The lowest BCUT2D eigenvalue weighted by atomic mass is 10.2. The van der Waals surface area contributed by atoms with Crippen molar-refractivity contribution in [2.45, 2.75) is 38.0 Å². The van der Waals surface area contributed by atoms with Crippen LogP contribution in [0.15, 0.2) is 28.5 Å². The number of piperidine rings is 1. The Labute approximate surface area is 147 Å². The van der Waals surface area contributed by atoms with Gasteiger partial charge in [-0.1, -0.05) is 6.42 Å². The van der Waals surface area contributed by atoms with Gasteiger partial charge in [0, 0.05) is 24.0 Å². The maximum atomic E-state index is 13.1. The van der Waals surface area contributed by atoms with Gasteiger partial charge in [0.05, 0.1) is 17.3 Å². The Bertz CT molecular complexity index is 809. The van der Waals surface area contributed by atoms with Crippen LogP contribution < -0.4 is 4.74 Å². The molecule has 1 aliphatic heterocycles. The van der Waals surface area contributed by atoms with E-state index in [1.54, 1.807) is 27.8 Å². The Balaban J connectivity index is 2.05. The SMILES string of the molecule is CCOc1ccc(-c2csc(C)n2)cc1S(=O)(=O)N1CCCCC1. The van der Waals surface area contributed by atoms with Crippen molar-refractivity contribution in [3.63, 3.8) is 0 Å². The number of aromatic nitrogens is 1. The van der Waals surface area contributed by atoms with Crippen molar-refractivity contribution < 1.29 is 13.2 Å². The molecule has 0 unspecified atom stereocenters. The van der Waals surface area contributed by atoms with Crippen LogP contribution in [-0.2, 0) is 10.0 Å². The second-order valence-corrected chi connectivity index (χ2v) is 8.78. The van der Waals surface area contributed by atoms with E-state index in [1.165, 1.54) is 0 Å². The Morgan fingerprint density at radius 2 is 2.00 bits per heavy atom. The van der Waals surface area contributed by atoms with Crippen LogP contribution in [0, 0.1) is 6.92 Å². The van der Waals surface area contributed by atoms with Crippen molar-refractivity contribution in [3.8, 4) is 17.0 Å². The van der Waals surface area contributed by atoms with Crippen LogP contribution in [0.1, 0.15) is 31.2 Å². The summed E-state index contributed by atoms with van der Waals surface area (Å²) in [6.07, 6.45) is 2.91. The zero-order valence-electron chi connectivity index (χ0n) is 14.0. The van der Waals surface area contributed by atoms with Crippen LogP contribution in [-0.4, -0.2) is 37.4 Å². The number of thiazole rings is 1. The predicted molar refractivity (Wildman–Crippen MR) is 96.1 cm³/mol. The molecule has 0 spiro atoms. The van der Waals surface area contributed by atoms with Gasteiger partial charge in [0.15, 0.2) is 0 Å². The smallest absolute Gasteiger partial charge is 0.246 e. The van der Waals surface area contributed by atoms with Gasteiger partial charge in [-0.05, 0) is 44.9 Å². The molecule has 1 saturated heterocycles.